The fourth-order valence-electron chi connectivity index (χ4n) is 2.84. The summed E-state index contributed by atoms with van der Waals surface area (Å²) in [7, 11) is 0. The predicted molar refractivity (Wildman–Crippen MR) is 74.0 cm³/mol. The molecule has 0 spiro atoms. The van der Waals surface area contributed by atoms with Crippen molar-refractivity contribution < 1.29 is 9.26 Å². The van der Waals surface area contributed by atoms with Crippen molar-refractivity contribution in [3.8, 4) is 0 Å². The minimum absolute atomic E-state index is 0.0173. The molecule has 1 unspecified atom stereocenters. The maximum atomic E-state index is 6.42. The van der Waals surface area contributed by atoms with Gasteiger partial charge in [0, 0.05) is 23.5 Å². The Morgan fingerprint density at radius 1 is 1.32 bits per heavy atom. The number of nitrogens with two attached hydrogens (primary N) is 1. The molecule has 1 aromatic rings. The lowest BCUT2D eigenvalue weighted by Gasteiger charge is -2.31. The van der Waals surface area contributed by atoms with E-state index < -0.39 is 0 Å². The van der Waals surface area contributed by atoms with E-state index in [4.69, 9.17) is 15.0 Å². The predicted octanol–water partition coefficient (Wildman–Crippen LogP) is 2.08. The van der Waals surface area contributed by atoms with Gasteiger partial charge in [0.15, 0.2) is 0 Å². The first-order chi connectivity index (χ1) is 9.25. The summed E-state index contributed by atoms with van der Waals surface area (Å²) in [5, 5.41) is 4.06. The quantitative estimate of drug-likeness (QED) is 0.915. The second-order valence-electron chi connectivity index (χ2n) is 5.58. The van der Waals surface area contributed by atoms with Crippen LogP contribution in [0.25, 0.3) is 0 Å². The first-order valence-electron chi connectivity index (χ1n) is 7.06. The van der Waals surface area contributed by atoms with Crippen LogP contribution in [-0.4, -0.2) is 33.8 Å². The Morgan fingerprint density at radius 2 is 2.16 bits per heavy atom. The summed E-state index contributed by atoms with van der Waals surface area (Å²) < 4.78 is 11.0. The molecule has 1 saturated heterocycles. The third-order valence-corrected chi connectivity index (χ3v) is 4.93. The number of hydrogen-bond acceptors (Lipinski definition) is 6. The molecule has 2 fully saturated rings. The summed E-state index contributed by atoms with van der Waals surface area (Å²) in [6.07, 6.45) is 6.50. The van der Waals surface area contributed by atoms with E-state index in [9.17, 15) is 0 Å². The van der Waals surface area contributed by atoms with Crippen molar-refractivity contribution in [3.05, 3.63) is 11.7 Å². The van der Waals surface area contributed by atoms with Gasteiger partial charge in [0.2, 0.25) is 11.7 Å². The monoisotopic (exact) mass is 283 g/mol. The maximum Gasteiger partial charge on any atom is 0.228 e. The van der Waals surface area contributed by atoms with Gasteiger partial charge in [-0.25, -0.2) is 0 Å². The van der Waals surface area contributed by atoms with E-state index in [0.717, 1.165) is 31.0 Å². The highest BCUT2D eigenvalue weighted by atomic mass is 32.2. The standard InChI is InChI=1S/C13H21N3O2S/c14-13(4-2-1-3-5-13)8-11-15-12(16-18-11)10-9-19-7-6-17-10/h10H,1-9,14H2. The third-order valence-electron chi connectivity index (χ3n) is 3.94. The molecular weight excluding hydrogens is 262 g/mol. The van der Waals surface area contributed by atoms with E-state index in [2.05, 4.69) is 10.1 Å². The van der Waals surface area contributed by atoms with Crippen LogP contribution in [0.1, 0.15) is 49.9 Å². The van der Waals surface area contributed by atoms with E-state index >= 15 is 0 Å². The number of nitrogens with zero attached hydrogens (tertiary/aromatic N) is 2. The first kappa shape index (κ1) is 13.4. The second-order valence-corrected chi connectivity index (χ2v) is 6.73. The molecule has 2 aliphatic rings. The fraction of sp³-hybridized carbons (Fsp3) is 0.846. The van der Waals surface area contributed by atoms with Crippen LogP contribution in [0.4, 0.5) is 0 Å². The van der Waals surface area contributed by atoms with Crippen molar-refractivity contribution in [2.75, 3.05) is 18.1 Å². The molecule has 0 aromatic carbocycles. The van der Waals surface area contributed by atoms with Crippen LogP contribution in [0, 0.1) is 0 Å². The highest BCUT2D eigenvalue weighted by Gasteiger charge is 2.31. The summed E-state index contributed by atoms with van der Waals surface area (Å²) in [5.74, 6) is 3.31. The Bertz CT molecular complexity index is 412. The summed E-state index contributed by atoms with van der Waals surface area (Å²) in [4.78, 5) is 4.48. The van der Waals surface area contributed by atoms with Gasteiger partial charge < -0.3 is 15.0 Å². The summed E-state index contributed by atoms with van der Waals surface area (Å²) in [6.45, 7) is 0.764. The molecule has 3 rings (SSSR count). The number of ether oxygens (including phenoxy) is 1. The van der Waals surface area contributed by atoms with Gasteiger partial charge in [-0.05, 0) is 12.8 Å². The van der Waals surface area contributed by atoms with Crippen LogP contribution >= 0.6 is 11.8 Å². The first-order valence-corrected chi connectivity index (χ1v) is 8.21. The highest BCUT2D eigenvalue weighted by molar-refractivity contribution is 7.99. The van der Waals surface area contributed by atoms with Crippen LogP contribution in [0.2, 0.25) is 0 Å². The van der Waals surface area contributed by atoms with Crippen LogP contribution in [-0.2, 0) is 11.2 Å². The van der Waals surface area contributed by atoms with Crippen molar-refractivity contribution in [1.29, 1.82) is 0 Å². The van der Waals surface area contributed by atoms with Crippen LogP contribution in [0.15, 0.2) is 4.52 Å². The van der Waals surface area contributed by atoms with Crippen LogP contribution < -0.4 is 5.73 Å². The van der Waals surface area contributed by atoms with E-state index in [1.165, 1.54) is 19.3 Å². The molecule has 0 radical (unpaired) electrons. The lowest BCUT2D eigenvalue weighted by Crippen LogP contribution is -2.43. The third kappa shape index (κ3) is 3.30. The molecule has 19 heavy (non-hydrogen) atoms. The van der Waals surface area contributed by atoms with E-state index in [-0.39, 0.29) is 11.6 Å². The smallest absolute Gasteiger partial charge is 0.228 e. The SMILES string of the molecule is NC1(Cc2nc(C3CSCCO3)no2)CCCCC1. The van der Waals surface area contributed by atoms with Crippen molar-refractivity contribution in [3.63, 3.8) is 0 Å². The normalized spacial score (nSPS) is 27.3. The number of rotatable bonds is 3. The maximum absolute atomic E-state index is 6.42. The average Bonchev–Trinajstić information content (AvgIpc) is 2.88. The molecule has 1 aliphatic heterocycles. The molecule has 106 valence electrons. The molecule has 5 nitrogen and oxygen atoms in total. The molecule has 1 saturated carbocycles. The molecule has 6 heteroatoms. The molecule has 1 atom stereocenters. The summed E-state index contributed by atoms with van der Waals surface area (Å²) in [6, 6.07) is 0. The van der Waals surface area contributed by atoms with Crippen LogP contribution in [0.3, 0.4) is 0 Å². The van der Waals surface area contributed by atoms with Crippen molar-refractivity contribution in [1.82, 2.24) is 10.1 Å². The minimum atomic E-state index is -0.149. The van der Waals surface area contributed by atoms with Crippen molar-refractivity contribution in [2.24, 2.45) is 5.73 Å². The lowest BCUT2D eigenvalue weighted by molar-refractivity contribution is 0.0677. The minimum Gasteiger partial charge on any atom is -0.368 e. The van der Waals surface area contributed by atoms with Gasteiger partial charge in [-0.3, -0.25) is 0 Å². The van der Waals surface area contributed by atoms with Crippen LogP contribution in [0.5, 0.6) is 0 Å². The van der Waals surface area contributed by atoms with E-state index in [0.29, 0.717) is 18.1 Å². The van der Waals surface area contributed by atoms with Gasteiger partial charge in [-0.15, -0.1) is 0 Å². The Morgan fingerprint density at radius 3 is 2.89 bits per heavy atom. The van der Waals surface area contributed by atoms with Crippen molar-refractivity contribution >= 4 is 11.8 Å². The van der Waals surface area contributed by atoms with Gasteiger partial charge in [-0.1, -0.05) is 24.4 Å². The molecule has 0 amide bonds. The van der Waals surface area contributed by atoms with E-state index in [1.54, 1.807) is 0 Å². The zero-order chi connectivity index (χ0) is 13.1. The molecule has 1 aromatic heterocycles. The lowest BCUT2D eigenvalue weighted by atomic mass is 9.80. The molecular formula is C13H21N3O2S. The Balaban J connectivity index is 1.63. The largest absolute Gasteiger partial charge is 0.368 e. The molecule has 2 N–H and O–H groups in total. The zero-order valence-electron chi connectivity index (χ0n) is 11.1. The van der Waals surface area contributed by atoms with Gasteiger partial charge in [-0.2, -0.15) is 16.7 Å². The Kier molecular flexibility index (Phi) is 4.10. The second kappa shape index (κ2) is 5.81. The number of hydrogen-bond donors (Lipinski definition) is 1. The molecule has 0 bridgehead atoms. The van der Waals surface area contributed by atoms with Gasteiger partial charge in [0.1, 0.15) is 6.10 Å². The van der Waals surface area contributed by atoms with Crippen molar-refractivity contribution in [2.45, 2.75) is 50.2 Å². The number of thioether (sulfide) groups is 1. The van der Waals surface area contributed by atoms with Gasteiger partial charge in [0.25, 0.3) is 0 Å². The molecule has 1 aliphatic carbocycles. The highest BCUT2D eigenvalue weighted by Crippen LogP contribution is 2.30. The zero-order valence-corrected chi connectivity index (χ0v) is 12.0. The topological polar surface area (TPSA) is 74.2 Å². The Hall–Kier alpha value is -0.590. The fourth-order valence-corrected chi connectivity index (χ4v) is 3.68. The van der Waals surface area contributed by atoms with Gasteiger partial charge in [0.05, 0.1) is 6.61 Å². The average molecular weight is 283 g/mol. The molecule has 2 heterocycles. The Labute approximate surface area is 117 Å². The van der Waals surface area contributed by atoms with E-state index in [1.807, 2.05) is 11.8 Å². The number of aromatic nitrogens is 2. The summed E-state index contributed by atoms with van der Waals surface area (Å²) >= 11 is 1.87. The van der Waals surface area contributed by atoms with Gasteiger partial charge >= 0.3 is 0 Å². The summed E-state index contributed by atoms with van der Waals surface area (Å²) in [5.41, 5.74) is 6.27.